The molecule has 150 valence electrons. The summed E-state index contributed by atoms with van der Waals surface area (Å²) in [4.78, 5) is 27.5. The molecule has 0 fully saturated rings. The van der Waals surface area contributed by atoms with Crippen LogP contribution in [0.2, 0.25) is 0 Å². The highest BCUT2D eigenvalue weighted by atomic mass is 16.2. The number of aryl methyl sites for hydroxylation is 1. The second-order valence-electron chi connectivity index (χ2n) is 8.40. The van der Waals surface area contributed by atoms with E-state index < -0.39 is 6.04 Å². The molecule has 2 aromatic rings. The Morgan fingerprint density at radius 1 is 1.00 bits per heavy atom. The summed E-state index contributed by atoms with van der Waals surface area (Å²) in [5, 5.41) is 2.99. The van der Waals surface area contributed by atoms with Crippen molar-refractivity contribution in [2.24, 2.45) is 0 Å². The number of benzene rings is 2. The van der Waals surface area contributed by atoms with Crippen LogP contribution in [-0.2, 0) is 22.4 Å². The molecule has 2 amide bonds. The van der Waals surface area contributed by atoms with Gasteiger partial charge < -0.3 is 10.2 Å². The molecule has 0 heterocycles. The minimum atomic E-state index is -0.528. The fourth-order valence-electron chi connectivity index (χ4n) is 3.14. The van der Waals surface area contributed by atoms with E-state index in [0.717, 1.165) is 16.7 Å². The molecule has 4 heteroatoms. The smallest absolute Gasteiger partial charge is 0.242 e. The van der Waals surface area contributed by atoms with Crippen LogP contribution in [0, 0.1) is 6.92 Å². The van der Waals surface area contributed by atoms with Crippen LogP contribution in [0.1, 0.15) is 44.4 Å². The van der Waals surface area contributed by atoms with Crippen molar-refractivity contribution in [3.63, 3.8) is 0 Å². The highest BCUT2D eigenvalue weighted by Gasteiger charge is 2.28. The van der Waals surface area contributed by atoms with Crippen LogP contribution in [0.3, 0.4) is 0 Å². The summed E-state index contributed by atoms with van der Waals surface area (Å²) in [6, 6.07) is 17.5. The van der Waals surface area contributed by atoms with Gasteiger partial charge in [-0.1, -0.05) is 60.2 Å². The summed E-state index contributed by atoms with van der Waals surface area (Å²) in [5.41, 5.74) is 2.91. The van der Waals surface area contributed by atoms with Gasteiger partial charge in [0.1, 0.15) is 6.04 Å². The number of amides is 2. The van der Waals surface area contributed by atoms with Gasteiger partial charge >= 0.3 is 0 Å². The van der Waals surface area contributed by atoms with E-state index in [4.69, 9.17) is 0 Å². The van der Waals surface area contributed by atoms with Crippen molar-refractivity contribution in [1.29, 1.82) is 0 Å². The van der Waals surface area contributed by atoms with Crippen molar-refractivity contribution in [3.8, 4) is 0 Å². The molecule has 0 aliphatic rings. The molecule has 1 atom stereocenters. The minimum absolute atomic E-state index is 0.0295. The van der Waals surface area contributed by atoms with Gasteiger partial charge in [-0.15, -0.1) is 0 Å². The van der Waals surface area contributed by atoms with Gasteiger partial charge in [0.15, 0.2) is 0 Å². The minimum Gasteiger partial charge on any atom is -0.350 e. The lowest BCUT2D eigenvalue weighted by atomic mass is 10.1. The lowest BCUT2D eigenvalue weighted by Gasteiger charge is -2.31. The van der Waals surface area contributed by atoms with Crippen molar-refractivity contribution < 1.29 is 9.59 Å². The zero-order valence-electron chi connectivity index (χ0n) is 17.7. The predicted molar refractivity (Wildman–Crippen MR) is 114 cm³/mol. The first kappa shape index (κ1) is 21.7. The fraction of sp³-hybridized carbons (Fsp3) is 0.417. The lowest BCUT2D eigenvalue weighted by molar-refractivity contribution is -0.140. The second kappa shape index (κ2) is 9.54. The molecule has 1 N–H and O–H groups in total. The van der Waals surface area contributed by atoms with Crippen molar-refractivity contribution in [2.75, 3.05) is 6.54 Å². The molecular formula is C24H32N2O2. The van der Waals surface area contributed by atoms with Crippen molar-refractivity contribution >= 4 is 11.8 Å². The topological polar surface area (TPSA) is 49.4 Å². The Labute approximate surface area is 169 Å². The molecule has 0 aliphatic carbocycles. The van der Waals surface area contributed by atoms with Gasteiger partial charge in [-0.2, -0.15) is 0 Å². The molecule has 0 unspecified atom stereocenters. The fourth-order valence-corrected chi connectivity index (χ4v) is 3.14. The largest absolute Gasteiger partial charge is 0.350 e. The molecule has 0 saturated heterocycles. The molecule has 0 aliphatic heterocycles. The van der Waals surface area contributed by atoms with Gasteiger partial charge in [-0.25, -0.2) is 0 Å². The van der Waals surface area contributed by atoms with E-state index in [1.54, 1.807) is 11.8 Å². The Morgan fingerprint density at radius 3 is 2.25 bits per heavy atom. The number of hydrogen-bond acceptors (Lipinski definition) is 2. The number of carbonyl (C=O) groups excluding carboxylic acids is 2. The summed E-state index contributed by atoms with van der Waals surface area (Å²) >= 11 is 0. The van der Waals surface area contributed by atoms with E-state index >= 15 is 0 Å². The van der Waals surface area contributed by atoms with Gasteiger partial charge in [-0.05, 0) is 52.2 Å². The van der Waals surface area contributed by atoms with Crippen LogP contribution in [0.15, 0.2) is 54.6 Å². The number of nitrogens with zero attached hydrogens (tertiary/aromatic N) is 1. The van der Waals surface area contributed by atoms with Crippen molar-refractivity contribution in [1.82, 2.24) is 10.2 Å². The lowest BCUT2D eigenvalue weighted by Crippen LogP contribution is -2.53. The Kier molecular flexibility index (Phi) is 7.38. The van der Waals surface area contributed by atoms with Crippen LogP contribution in [0.4, 0.5) is 0 Å². The number of nitrogens with one attached hydrogen (secondary N) is 1. The number of rotatable bonds is 7. The Balaban J connectivity index is 2.16. The van der Waals surface area contributed by atoms with E-state index in [-0.39, 0.29) is 17.4 Å². The second-order valence-corrected chi connectivity index (χ2v) is 8.40. The maximum atomic E-state index is 13.1. The molecule has 2 aromatic carbocycles. The Bertz CT molecular complexity index is 794. The van der Waals surface area contributed by atoms with Crippen LogP contribution < -0.4 is 5.32 Å². The average molecular weight is 381 g/mol. The summed E-state index contributed by atoms with van der Waals surface area (Å²) in [6.45, 7) is 10.2. The van der Waals surface area contributed by atoms with Crippen molar-refractivity contribution in [3.05, 3.63) is 71.3 Å². The van der Waals surface area contributed by atoms with Crippen molar-refractivity contribution in [2.45, 2.75) is 59.0 Å². The first-order chi connectivity index (χ1) is 13.2. The van der Waals surface area contributed by atoms with E-state index in [0.29, 0.717) is 19.4 Å². The molecular weight excluding hydrogens is 348 g/mol. The van der Waals surface area contributed by atoms with E-state index in [1.165, 1.54) is 0 Å². The molecule has 0 radical (unpaired) electrons. The van der Waals surface area contributed by atoms with E-state index in [1.807, 2.05) is 82.3 Å². The van der Waals surface area contributed by atoms with E-state index in [2.05, 4.69) is 5.32 Å². The Morgan fingerprint density at radius 2 is 1.64 bits per heavy atom. The van der Waals surface area contributed by atoms with Gasteiger partial charge in [0, 0.05) is 12.1 Å². The third-order valence-electron chi connectivity index (χ3n) is 4.59. The predicted octanol–water partition coefficient (Wildman–Crippen LogP) is 3.91. The van der Waals surface area contributed by atoms with Gasteiger partial charge in [0.05, 0.1) is 6.42 Å². The molecule has 0 aromatic heterocycles. The SMILES string of the molecule is Cc1cccc(CC(=O)N(CCc2ccccc2)[C@H](C)C(=O)NC(C)(C)C)c1. The quantitative estimate of drug-likeness (QED) is 0.792. The number of carbonyl (C=O) groups is 2. The molecule has 2 rings (SSSR count). The van der Waals surface area contributed by atoms with Crippen LogP contribution in [-0.4, -0.2) is 34.8 Å². The van der Waals surface area contributed by atoms with Crippen LogP contribution in [0.5, 0.6) is 0 Å². The third kappa shape index (κ3) is 6.84. The average Bonchev–Trinajstić information content (AvgIpc) is 2.61. The summed E-state index contributed by atoms with van der Waals surface area (Å²) in [7, 11) is 0. The first-order valence-electron chi connectivity index (χ1n) is 9.87. The number of hydrogen-bond donors (Lipinski definition) is 1. The zero-order chi connectivity index (χ0) is 20.7. The first-order valence-corrected chi connectivity index (χ1v) is 9.87. The van der Waals surface area contributed by atoms with E-state index in [9.17, 15) is 9.59 Å². The highest BCUT2D eigenvalue weighted by molar-refractivity contribution is 5.88. The molecule has 0 bridgehead atoms. The summed E-state index contributed by atoms with van der Waals surface area (Å²) < 4.78 is 0. The third-order valence-corrected chi connectivity index (χ3v) is 4.59. The molecule has 0 saturated carbocycles. The van der Waals surface area contributed by atoms with Gasteiger partial charge in [0.25, 0.3) is 0 Å². The molecule has 4 nitrogen and oxygen atoms in total. The monoisotopic (exact) mass is 380 g/mol. The standard InChI is InChI=1S/C24H32N2O2/c1-18-10-9-13-21(16-18)17-22(27)26(15-14-20-11-7-6-8-12-20)19(2)23(28)25-24(3,4)5/h6-13,16,19H,14-15,17H2,1-5H3,(H,25,28)/t19-/m1/s1. The Hall–Kier alpha value is -2.62. The normalized spacial score (nSPS) is 12.3. The van der Waals surface area contributed by atoms with Gasteiger partial charge in [0.2, 0.25) is 11.8 Å². The van der Waals surface area contributed by atoms with Crippen LogP contribution >= 0.6 is 0 Å². The molecule has 0 spiro atoms. The van der Waals surface area contributed by atoms with Gasteiger partial charge in [-0.3, -0.25) is 9.59 Å². The summed E-state index contributed by atoms with van der Waals surface area (Å²) in [5.74, 6) is -0.156. The zero-order valence-corrected chi connectivity index (χ0v) is 17.7. The maximum Gasteiger partial charge on any atom is 0.242 e. The highest BCUT2D eigenvalue weighted by Crippen LogP contribution is 2.12. The maximum absolute atomic E-state index is 13.1. The van der Waals surface area contributed by atoms with Crippen LogP contribution in [0.25, 0.3) is 0 Å². The summed E-state index contributed by atoms with van der Waals surface area (Å²) in [6.07, 6.45) is 1.01. The molecule has 28 heavy (non-hydrogen) atoms.